The summed E-state index contributed by atoms with van der Waals surface area (Å²) in [6.45, 7) is 0.584. The highest BCUT2D eigenvalue weighted by molar-refractivity contribution is 8.00. The Hall–Kier alpha value is -2.41. The van der Waals surface area contributed by atoms with Crippen molar-refractivity contribution in [1.29, 1.82) is 0 Å². The predicted octanol–water partition coefficient (Wildman–Crippen LogP) is 2.94. The van der Waals surface area contributed by atoms with Crippen LogP contribution >= 0.6 is 11.8 Å². The van der Waals surface area contributed by atoms with Gasteiger partial charge < -0.3 is 10.3 Å². The Bertz CT molecular complexity index is 822. The number of imidazole rings is 1. The number of carbonyl (C=O) groups excluding carboxylic acids is 1. The fraction of sp³-hybridized carbons (Fsp3) is 0.235. The minimum Gasteiger partial charge on any atom is -0.355 e. The second kappa shape index (κ2) is 7.92. The number of carbonyl (C=O) groups is 1. The van der Waals surface area contributed by atoms with Gasteiger partial charge in [0.1, 0.15) is 11.6 Å². The molecule has 0 aliphatic rings. The highest BCUT2D eigenvalue weighted by atomic mass is 32.2. The van der Waals surface area contributed by atoms with E-state index in [1.807, 2.05) is 12.1 Å². The summed E-state index contributed by atoms with van der Waals surface area (Å²) < 4.78 is 13.1. The van der Waals surface area contributed by atoms with Gasteiger partial charge in [-0.15, -0.1) is 11.8 Å². The number of amides is 1. The molecule has 24 heavy (non-hydrogen) atoms. The number of aromatic nitrogens is 3. The molecule has 0 spiro atoms. The van der Waals surface area contributed by atoms with Gasteiger partial charge in [0.2, 0.25) is 5.91 Å². The first-order chi connectivity index (χ1) is 11.7. The Morgan fingerprint density at radius 3 is 2.92 bits per heavy atom. The van der Waals surface area contributed by atoms with Gasteiger partial charge in [-0.05, 0) is 36.8 Å². The fourth-order valence-corrected chi connectivity index (χ4v) is 2.99. The molecule has 0 bridgehead atoms. The molecule has 0 atom stereocenters. The lowest BCUT2D eigenvalue weighted by atomic mass is 10.3. The third-order valence-electron chi connectivity index (χ3n) is 3.43. The Labute approximate surface area is 143 Å². The topological polar surface area (TPSA) is 70.7 Å². The summed E-state index contributed by atoms with van der Waals surface area (Å²) >= 11 is 1.48. The van der Waals surface area contributed by atoms with Crippen molar-refractivity contribution in [1.82, 2.24) is 20.3 Å². The molecular weight excluding hydrogens is 327 g/mol. The molecule has 0 fully saturated rings. The van der Waals surface area contributed by atoms with Gasteiger partial charge in [-0.25, -0.2) is 9.37 Å². The van der Waals surface area contributed by atoms with E-state index in [-0.39, 0.29) is 11.7 Å². The van der Waals surface area contributed by atoms with Crippen LogP contribution in [0.3, 0.4) is 0 Å². The van der Waals surface area contributed by atoms with Crippen molar-refractivity contribution >= 4 is 28.7 Å². The molecule has 0 aliphatic heterocycles. The molecule has 1 aromatic carbocycles. The summed E-state index contributed by atoms with van der Waals surface area (Å²) in [5, 5.41) is 2.89. The summed E-state index contributed by atoms with van der Waals surface area (Å²) in [5.41, 5.74) is 1.45. The zero-order valence-corrected chi connectivity index (χ0v) is 13.8. The zero-order valence-electron chi connectivity index (χ0n) is 13.0. The van der Waals surface area contributed by atoms with Crippen LogP contribution < -0.4 is 5.32 Å². The Morgan fingerprint density at radius 1 is 1.25 bits per heavy atom. The van der Waals surface area contributed by atoms with Crippen LogP contribution in [0.2, 0.25) is 0 Å². The number of rotatable bonds is 7. The molecule has 7 heteroatoms. The van der Waals surface area contributed by atoms with Gasteiger partial charge in [0.25, 0.3) is 0 Å². The van der Waals surface area contributed by atoms with E-state index in [1.165, 1.54) is 23.9 Å². The maximum absolute atomic E-state index is 13.1. The average molecular weight is 344 g/mol. The molecule has 124 valence electrons. The van der Waals surface area contributed by atoms with Crippen molar-refractivity contribution in [3.63, 3.8) is 0 Å². The number of fused-ring (bicyclic) bond motifs is 1. The highest BCUT2D eigenvalue weighted by Gasteiger charge is 2.05. The van der Waals surface area contributed by atoms with Gasteiger partial charge in [-0.3, -0.25) is 9.78 Å². The van der Waals surface area contributed by atoms with Crippen LogP contribution in [0.4, 0.5) is 4.39 Å². The highest BCUT2D eigenvalue weighted by Crippen LogP contribution is 2.15. The molecule has 5 nitrogen and oxygen atoms in total. The first kappa shape index (κ1) is 16.4. The van der Waals surface area contributed by atoms with E-state index >= 15 is 0 Å². The van der Waals surface area contributed by atoms with Crippen LogP contribution in [-0.4, -0.2) is 33.2 Å². The van der Waals surface area contributed by atoms with Crippen molar-refractivity contribution in [3.05, 3.63) is 54.4 Å². The molecule has 2 aromatic heterocycles. The maximum Gasteiger partial charge on any atom is 0.230 e. The Morgan fingerprint density at radius 2 is 2.08 bits per heavy atom. The predicted molar refractivity (Wildman–Crippen MR) is 92.3 cm³/mol. The number of nitrogens with zero attached hydrogens (tertiary/aromatic N) is 2. The lowest BCUT2D eigenvalue weighted by molar-refractivity contribution is -0.118. The van der Waals surface area contributed by atoms with E-state index in [9.17, 15) is 9.18 Å². The number of hydrogen-bond acceptors (Lipinski definition) is 4. The van der Waals surface area contributed by atoms with E-state index in [0.717, 1.165) is 22.7 Å². The van der Waals surface area contributed by atoms with Gasteiger partial charge in [0.15, 0.2) is 0 Å². The molecule has 0 saturated heterocycles. The van der Waals surface area contributed by atoms with E-state index < -0.39 is 0 Å². The van der Waals surface area contributed by atoms with Crippen molar-refractivity contribution in [2.24, 2.45) is 0 Å². The molecule has 0 saturated carbocycles. The van der Waals surface area contributed by atoms with Gasteiger partial charge in [0, 0.05) is 30.3 Å². The summed E-state index contributed by atoms with van der Waals surface area (Å²) in [7, 11) is 0. The molecule has 2 heterocycles. The smallest absolute Gasteiger partial charge is 0.230 e. The quantitative estimate of drug-likeness (QED) is 0.511. The number of thioether (sulfide) groups is 1. The normalized spacial score (nSPS) is 10.9. The number of benzene rings is 1. The number of nitrogens with one attached hydrogen (secondary N) is 2. The van der Waals surface area contributed by atoms with Crippen LogP contribution in [0.1, 0.15) is 12.2 Å². The van der Waals surface area contributed by atoms with Crippen LogP contribution in [0.15, 0.2) is 47.6 Å². The minimum absolute atomic E-state index is 0.00323. The molecule has 0 radical (unpaired) electrons. The monoisotopic (exact) mass is 344 g/mol. The molecular formula is C17H17FN4OS. The molecule has 0 unspecified atom stereocenters. The van der Waals surface area contributed by atoms with Gasteiger partial charge in [-0.2, -0.15) is 0 Å². The van der Waals surface area contributed by atoms with E-state index in [2.05, 4.69) is 20.3 Å². The molecule has 2 N–H and O–H groups in total. The Kier molecular flexibility index (Phi) is 5.43. The second-order valence-electron chi connectivity index (χ2n) is 5.27. The number of aromatic amines is 1. The summed E-state index contributed by atoms with van der Waals surface area (Å²) in [6, 6.07) is 8.24. The average Bonchev–Trinajstić information content (AvgIpc) is 2.99. The third kappa shape index (κ3) is 4.55. The summed E-state index contributed by atoms with van der Waals surface area (Å²) in [4.78, 5) is 24.3. The van der Waals surface area contributed by atoms with E-state index in [0.29, 0.717) is 24.2 Å². The zero-order chi connectivity index (χ0) is 16.8. The van der Waals surface area contributed by atoms with Crippen LogP contribution in [0.5, 0.6) is 0 Å². The SMILES string of the molecule is O=C(CSc1ccncc1)NCCCc1nc2ccc(F)cc2[nH]1. The largest absolute Gasteiger partial charge is 0.355 e. The van der Waals surface area contributed by atoms with Crippen LogP contribution in [0.25, 0.3) is 11.0 Å². The van der Waals surface area contributed by atoms with Gasteiger partial charge in [0.05, 0.1) is 16.8 Å². The van der Waals surface area contributed by atoms with Crippen LogP contribution in [-0.2, 0) is 11.2 Å². The minimum atomic E-state index is -0.281. The van der Waals surface area contributed by atoms with E-state index in [4.69, 9.17) is 0 Å². The summed E-state index contributed by atoms with van der Waals surface area (Å²) in [6.07, 6.45) is 4.89. The van der Waals surface area contributed by atoms with Crippen molar-refractivity contribution < 1.29 is 9.18 Å². The summed E-state index contributed by atoms with van der Waals surface area (Å²) in [5.74, 6) is 0.907. The lowest BCUT2D eigenvalue weighted by Gasteiger charge is -2.04. The number of aryl methyl sites for hydroxylation is 1. The number of pyridine rings is 1. The van der Waals surface area contributed by atoms with Gasteiger partial charge in [-0.1, -0.05) is 0 Å². The number of halogens is 1. The number of H-pyrrole nitrogens is 1. The van der Waals surface area contributed by atoms with Crippen molar-refractivity contribution in [2.45, 2.75) is 17.7 Å². The van der Waals surface area contributed by atoms with Crippen LogP contribution in [0, 0.1) is 5.82 Å². The second-order valence-corrected chi connectivity index (χ2v) is 6.32. The van der Waals surface area contributed by atoms with Crippen molar-refractivity contribution in [2.75, 3.05) is 12.3 Å². The molecule has 1 amide bonds. The Balaban J connectivity index is 1.39. The van der Waals surface area contributed by atoms with Gasteiger partial charge >= 0.3 is 0 Å². The maximum atomic E-state index is 13.1. The van der Waals surface area contributed by atoms with Crippen molar-refractivity contribution in [3.8, 4) is 0 Å². The number of hydrogen-bond donors (Lipinski definition) is 2. The molecule has 3 aromatic rings. The van der Waals surface area contributed by atoms with E-state index in [1.54, 1.807) is 18.5 Å². The third-order valence-corrected chi connectivity index (χ3v) is 4.44. The molecule has 0 aliphatic carbocycles. The first-order valence-corrected chi connectivity index (χ1v) is 8.63. The fourth-order valence-electron chi connectivity index (χ4n) is 2.27. The lowest BCUT2D eigenvalue weighted by Crippen LogP contribution is -2.26. The molecule has 3 rings (SSSR count). The first-order valence-electron chi connectivity index (χ1n) is 7.64. The standard InChI is InChI=1S/C17H17FN4OS/c18-12-3-4-14-15(10-12)22-16(21-14)2-1-7-20-17(23)11-24-13-5-8-19-9-6-13/h3-6,8-10H,1-2,7,11H2,(H,20,23)(H,21,22).